The summed E-state index contributed by atoms with van der Waals surface area (Å²) in [6.07, 6.45) is 0.971. The van der Waals surface area contributed by atoms with Crippen LogP contribution in [0, 0.1) is 5.82 Å². The molecule has 2 aromatic carbocycles. The van der Waals surface area contributed by atoms with Crippen LogP contribution < -0.4 is 14.8 Å². The molecular weight excluding hydrogens is 383 g/mol. The molecule has 1 saturated heterocycles. The lowest BCUT2D eigenvalue weighted by Gasteiger charge is -2.37. The van der Waals surface area contributed by atoms with E-state index in [0.29, 0.717) is 38.3 Å². The molecule has 5 nitrogen and oxygen atoms in total. The summed E-state index contributed by atoms with van der Waals surface area (Å²) in [5, 5.41) is 3.35. The average Bonchev–Trinajstić information content (AvgIpc) is 2.71. The van der Waals surface area contributed by atoms with Crippen molar-refractivity contribution >= 4 is 18.3 Å². The number of carbonyl (C=O) groups excluding carboxylic acids is 1. The quantitative estimate of drug-likeness (QED) is 0.711. The van der Waals surface area contributed by atoms with Crippen molar-refractivity contribution in [2.45, 2.75) is 18.9 Å². The van der Waals surface area contributed by atoms with Crippen molar-refractivity contribution in [2.24, 2.45) is 0 Å². The van der Waals surface area contributed by atoms with Gasteiger partial charge in [-0.15, -0.1) is 12.4 Å². The Kier molecular flexibility index (Phi) is 8.54. The van der Waals surface area contributed by atoms with Crippen LogP contribution in [0.4, 0.5) is 4.39 Å². The average molecular weight is 409 g/mol. The zero-order valence-corrected chi connectivity index (χ0v) is 16.7. The molecule has 2 aromatic rings. The van der Waals surface area contributed by atoms with Gasteiger partial charge < -0.3 is 19.7 Å². The number of carbonyl (C=O) groups is 1. The molecule has 0 bridgehead atoms. The van der Waals surface area contributed by atoms with E-state index in [-0.39, 0.29) is 30.2 Å². The van der Waals surface area contributed by atoms with Crippen molar-refractivity contribution in [3.8, 4) is 11.5 Å². The normalized spacial score (nSPS) is 16.2. The zero-order chi connectivity index (χ0) is 19.1. The fourth-order valence-corrected chi connectivity index (χ4v) is 3.34. The van der Waals surface area contributed by atoms with Crippen LogP contribution in [-0.2, 0) is 4.79 Å². The Morgan fingerprint density at radius 3 is 2.86 bits per heavy atom. The number of nitrogens with one attached hydrogen (secondary N) is 1. The minimum atomic E-state index is -0.330. The van der Waals surface area contributed by atoms with Crippen LogP contribution in [0.3, 0.4) is 0 Å². The molecule has 3 rings (SSSR count). The first-order valence-electron chi connectivity index (χ1n) is 9.20. The number of amides is 1. The summed E-state index contributed by atoms with van der Waals surface area (Å²) in [5.41, 5.74) is 1.01. The van der Waals surface area contributed by atoms with Crippen molar-refractivity contribution in [1.29, 1.82) is 0 Å². The van der Waals surface area contributed by atoms with Crippen LogP contribution in [0.2, 0.25) is 0 Å². The number of benzene rings is 2. The molecule has 1 amide bonds. The van der Waals surface area contributed by atoms with E-state index in [1.165, 1.54) is 12.1 Å². The van der Waals surface area contributed by atoms with Crippen molar-refractivity contribution in [3.63, 3.8) is 0 Å². The maximum Gasteiger partial charge on any atom is 0.223 e. The molecular formula is C21H26ClFN2O3. The van der Waals surface area contributed by atoms with Gasteiger partial charge in [0.25, 0.3) is 0 Å². The summed E-state index contributed by atoms with van der Waals surface area (Å²) in [7, 11) is 1.64. The SMILES string of the molecule is COc1ccccc1C1CNCCN1C(=O)CCCOc1cccc(F)c1.Cl. The van der Waals surface area contributed by atoms with Crippen molar-refractivity contribution in [1.82, 2.24) is 10.2 Å². The largest absolute Gasteiger partial charge is 0.496 e. The predicted molar refractivity (Wildman–Crippen MR) is 109 cm³/mol. The molecule has 1 unspecified atom stereocenters. The van der Waals surface area contributed by atoms with Crippen LogP contribution in [-0.4, -0.2) is 44.2 Å². The minimum absolute atomic E-state index is 0. The Bertz CT molecular complexity index is 775. The van der Waals surface area contributed by atoms with E-state index >= 15 is 0 Å². The van der Waals surface area contributed by atoms with E-state index in [1.807, 2.05) is 29.2 Å². The van der Waals surface area contributed by atoms with Crippen molar-refractivity contribution in [3.05, 3.63) is 59.9 Å². The Labute approximate surface area is 171 Å². The second kappa shape index (κ2) is 10.9. The number of hydrogen-bond donors (Lipinski definition) is 1. The summed E-state index contributed by atoms with van der Waals surface area (Å²) in [6, 6.07) is 13.8. The smallest absolute Gasteiger partial charge is 0.223 e. The monoisotopic (exact) mass is 408 g/mol. The van der Waals surface area contributed by atoms with Crippen molar-refractivity contribution in [2.75, 3.05) is 33.4 Å². The van der Waals surface area contributed by atoms with Crippen LogP contribution >= 0.6 is 12.4 Å². The molecule has 1 aliphatic rings. The lowest BCUT2D eigenvalue weighted by Crippen LogP contribution is -2.48. The van der Waals surface area contributed by atoms with Gasteiger partial charge in [-0.1, -0.05) is 24.3 Å². The molecule has 1 fully saturated rings. The van der Waals surface area contributed by atoms with E-state index in [9.17, 15) is 9.18 Å². The molecule has 7 heteroatoms. The Morgan fingerprint density at radius 1 is 1.25 bits per heavy atom. The van der Waals surface area contributed by atoms with Gasteiger partial charge >= 0.3 is 0 Å². The van der Waals surface area contributed by atoms with Crippen LogP contribution in [0.1, 0.15) is 24.4 Å². The van der Waals surface area contributed by atoms with E-state index in [1.54, 1.807) is 19.2 Å². The molecule has 28 heavy (non-hydrogen) atoms. The highest BCUT2D eigenvalue weighted by Crippen LogP contribution is 2.30. The van der Waals surface area contributed by atoms with Crippen LogP contribution in [0.5, 0.6) is 11.5 Å². The van der Waals surface area contributed by atoms with E-state index in [4.69, 9.17) is 9.47 Å². The number of rotatable bonds is 7. The van der Waals surface area contributed by atoms with Gasteiger partial charge in [0.2, 0.25) is 5.91 Å². The molecule has 0 radical (unpaired) electrons. The van der Waals surface area contributed by atoms with Gasteiger partial charge in [-0.05, 0) is 24.6 Å². The lowest BCUT2D eigenvalue weighted by atomic mass is 10.0. The third-order valence-corrected chi connectivity index (χ3v) is 4.66. The maximum absolute atomic E-state index is 13.2. The number of methoxy groups -OCH3 is 1. The van der Waals surface area contributed by atoms with E-state index in [0.717, 1.165) is 17.9 Å². The minimum Gasteiger partial charge on any atom is -0.496 e. The Balaban J connectivity index is 0.00000280. The van der Waals surface area contributed by atoms with Gasteiger partial charge in [0.05, 0.1) is 19.8 Å². The molecule has 1 atom stereocenters. The third-order valence-electron chi connectivity index (χ3n) is 4.66. The highest BCUT2D eigenvalue weighted by Gasteiger charge is 2.29. The summed E-state index contributed by atoms with van der Waals surface area (Å²) >= 11 is 0. The molecule has 0 saturated carbocycles. The van der Waals surface area contributed by atoms with Gasteiger partial charge in [0, 0.05) is 37.7 Å². The van der Waals surface area contributed by atoms with Crippen LogP contribution in [0.25, 0.3) is 0 Å². The zero-order valence-electron chi connectivity index (χ0n) is 15.9. The summed E-state index contributed by atoms with van der Waals surface area (Å²) < 4.78 is 24.2. The molecule has 0 spiro atoms. The molecule has 1 N–H and O–H groups in total. The first-order chi connectivity index (χ1) is 13.2. The predicted octanol–water partition coefficient (Wildman–Crippen LogP) is 3.59. The van der Waals surface area contributed by atoms with Gasteiger partial charge in [0.1, 0.15) is 17.3 Å². The number of nitrogens with zero attached hydrogens (tertiary/aromatic N) is 1. The maximum atomic E-state index is 13.2. The second-order valence-corrected chi connectivity index (χ2v) is 6.46. The molecule has 0 aromatic heterocycles. The van der Waals surface area contributed by atoms with Crippen LogP contribution in [0.15, 0.2) is 48.5 Å². The molecule has 152 valence electrons. The number of hydrogen-bond acceptors (Lipinski definition) is 4. The number of piperazine rings is 1. The fraction of sp³-hybridized carbons (Fsp3) is 0.381. The summed E-state index contributed by atoms with van der Waals surface area (Å²) in [5.74, 6) is 1.04. The molecule has 1 heterocycles. The fourth-order valence-electron chi connectivity index (χ4n) is 3.34. The first kappa shape index (κ1) is 22.0. The number of ether oxygens (including phenoxy) is 2. The van der Waals surface area contributed by atoms with Gasteiger partial charge in [-0.3, -0.25) is 4.79 Å². The molecule has 1 aliphatic heterocycles. The van der Waals surface area contributed by atoms with E-state index < -0.39 is 0 Å². The molecule has 0 aliphatic carbocycles. The summed E-state index contributed by atoms with van der Waals surface area (Å²) in [6.45, 7) is 2.51. The standard InChI is InChI=1S/C21H25FN2O3.ClH/c1-26-20-9-3-2-8-18(20)19-15-23-11-12-24(19)21(25)10-5-13-27-17-7-4-6-16(22)14-17;/h2-4,6-9,14,19,23H,5,10-13,15H2,1H3;1H. The highest BCUT2D eigenvalue weighted by atomic mass is 35.5. The van der Waals surface area contributed by atoms with Gasteiger partial charge in [0.15, 0.2) is 0 Å². The van der Waals surface area contributed by atoms with E-state index in [2.05, 4.69) is 5.32 Å². The second-order valence-electron chi connectivity index (χ2n) is 6.46. The highest BCUT2D eigenvalue weighted by molar-refractivity contribution is 5.85. The number of halogens is 2. The first-order valence-corrected chi connectivity index (χ1v) is 9.20. The number of para-hydroxylation sites is 1. The Hall–Kier alpha value is -2.31. The third kappa shape index (κ3) is 5.59. The summed E-state index contributed by atoms with van der Waals surface area (Å²) in [4.78, 5) is 14.7. The topological polar surface area (TPSA) is 50.8 Å². The van der Waals surface area contributed by atoms with Crippen molar-refractivity contribution < 1.29 is 18.7 Å². The Morgan fingerprint density at radius 2 is 2.07 bits per heavy atom. The van der Waals surface area contributed by atoms with Gasteiger partial charge in [-0.2, -0.15) is 0 Å². The lowest BCUT2D eigenvalue weighted by molar-refractivity contribution is -0.134. The van der Waals surface area contributed by atoms with Gasteiger partial charge in [-0.25, -0.2) is 4.39 Å².